The van der Waals surface area contributed by atoms with E-state index in [1.807, 2.05) is 52.0 Å². The third kappa shape index (κ3) is 21.3. The molecule has 0 unspecified atom stereocenters. The molecule has 0 fully saturated rings. The van der Waals surface area contributed by atoms with Crippen LogP contribution >= 0.6 is 0 Å². The van der Waals surface area contributed by atoms with Crippen molar-refractivity contribution in [3.8, 4) is 0 Å². The minimum absolute atomic E-state index is 0.183. The first kappa shape index (κ1) is 34.7. The van der Waals surface area contributed by atoms with Crippen LogP contribution in [0.1, 0.15) is 68.7 Å². The van der Waals surface area contributed by atoms with E-state index in [-0.39, 0.29) is 12.2 Å². The van der Waals surface area contributed by atoms with Gasteiger partial charge < -0.3 is 9.47 Å². The Hall–Kier alpha value is -3.90. The number of carbonyl (C=O) groups excluding carboxylic acids is 4. The highest BCUT2D eigenvalue weighted by Gasteiger charge is 2.11. The van der Waals surface area contributed by atoms with Gasteiger partial charge in [-0.05, 0) is 13.8 Å². The van der Waals surface area contributed by atoms with Gasteiger partial charge >= 0.3 is 18.2 Å². The van der Waals surface area contributed by atoms with Crippen molar-refractivity contribution < 1.29 is 33.4 Å². The lowest BCUT2D eigenvalue weighted by atomic mass is 10.1. The molecule has 0 radical (unpaired) electrons. The van der Waals surface area contributed by atoms with Crippen LogP contribution in [0, 0.1) is 5.53 Å². The van der Waals surface area contributed by atoms with Gasteiger partial charge in [-0.15, -0.1) is 0 Å². The fourth-order valence-electron chi connectivity index (χ4n) is 1.83. The molecule has 0 atom stereocenters. The highest BCUT2D eigenvalue weighted by molar-refractivity contribution is 6.20. The predicted molar refractivity (Wildman–Crippen MR) is 132 cm³/mol. The van der Waals surface area contributed by atoms with Crippen LogP contribution in [-0.4, -0.2) is 48.2 Å². The molecule has 0 aromatic heterocycles. The minimum atomic E-state index is -0.567. The van der Waals surface area contributed by atoms with Crippen molar-refractivity contribution in [1.29, 1.82) is 5.53 Å². The van der Waals surface area contributed by atoms with Crippen molar-refractivity contribution in [1.82, 2.24) is 0 Å². The molecular weight excluding hydrogens is 436 g/mol. The summed E-state index contributed by atoms with van der Waals surface area (Å²) in [6, 6.07) is 17.8. The van der Waals surface area contributed by atoms with E-state index in [4.69, 9.17) is 5.53 Å². The highest BCUT2D eigenvalue weighted by atomic mass is 16.5. The largest absolute Gasteiger partial charge is 0.466 e. The Kier molecular flexibility index (Phi) is 27.7. The number of ketones is 1. The van der Waals surface area contributed by atoms with Crippen LogP contribution in [0.5, 0.6) is 0 Å². The van der Waals surface area contributed by atoms with E-state index in [1.165, 1.54) is 0 Å². The molecule has 2 rings (SSSR count). The van der Waals surface area contributed by atoms with Crippen molar-refractivity contribution in [3.63, 3.8) is 0 Å². The molecular formula is C26H37N2O6+. The number of rotatable bonds is 7. The van der Waals surface area contributed by atoms with Crippen molar-refractivity contribution >= 4 is 30.2 Å². The molecule has 0 saturated heterocycles. The van der Waals surface area contributed by atoms with E-state index in [1.54, 1.807) is 50.2 Å². The van der Waals surface area contributed by atoms with Crippen LogP contribution in [-0.2, 0) is 19.1 Å². The van der Waals surface area contributed by atoms with Gasteiger partial charge in [0.2, 0.25) is 0 Å². The van der Waals surface area contributed by atoms with E-state index in [9.17, 15) is 19.2 Å². The van der Waals surface area contributed by atoms with Gasteiger partial charge in [-0.1, -0.05) is 88.4 Å². The maximum atomic E-state index is 11.4. The fraction of sp³-hybridized carbons (Fsp3) is 0.346. The predicted octanol–water partition coefficient (Wildman–Crippen LogP) is 5.23. The number of nitrogens with zero attached hydrogens (tertiary/aromatic N) is 1. The molecule has 0 heterocycles. The number of benzene rings is 2. The van der Waals surface area contributed by atoms with Gasteiger partial charge in [-0.25, -0.2) is 4.79 Å². The molecule has 0 aliphatic heterocycles. The second kappa shape index (κ2) is 27.1. The zero-order valence-corrected chi connectivity index (χ0v) is 20.9. The molecule has 0 aliphatic carbocycles. The summed E-state index contributed by atoms with van der Waals surface area (Å²) >= 11 is 0. The Morgan fingerprint density at radius 1 is 0.824 bits per heavy atom. The molecule has 0 spiro atoms. The summed E-state index contributed by atoms with van der Waals surface area (Å²) in [5.74, 6) is -1.24. The first-order chi connectivity index (χ1) is 16.5. The summed E-state index contributed by atoms with van der Waals surface area (Å²) in [4.78, 5) is 45.3. The lowest BCUT2D eigenvalue weighted by Crippen LogP contribution is -2.11. The second-order valence-corrected chi connectivity index (χ2v) is 5.31. The second-order valence-electron chi connectivity index (χ2n) is 5.31. The summed E-state index contributed by atoms with van der Waals surface area (Å²) in [6.07, 6.45) is 1.46. The molecule has 2 aromatic rings. The maximum Gasteiger partial charge on any atom is 0.418 e. The topological polar surface area (TPSA) is 125 Å². The molecule has 34 heavy (non-hydrogen) atoms. The lowest BCUT2D eigenvalue weighted by Gasteiger charge is -2.00. The molecule has 8 heteroatoms. The monoisotopic (exact) mass is 473 g/mol. The number of nitrogens with one attached hydrogen (secondary N) is 1. The molecule has 2 aromatic carbocycles. The molecule has 8 nitrogen and oxygen atoms in total. The molecule has 0 aliphatic rings. The normalized spacial score (nSPS) is 7.94. The van der Waals surface area contributed by atoms with Crippen LogP contribution < -0.4 is 0 Å². The minimum Gasteiger partial charge on any atom is -0.466 e. The fourth-order valence-corrected chi connectivity index (χ4v) is 1.83. The Labute approximate surface area is 202 Å². The van der Waals surface area contributed by atoms with Crippen LogP contribution in [0.2, 0.25) is 0 Å². The Morgan fingerprint density at radius 2 is 1.29 bits per heavy atom. The van der Waals surface area contributed by atoms with E-state index >= 15 is 0 Å². The number of hydrogen-bond acceptors (Lipinski definition) is 7. The summed E-state index contributed by atoms with van der Waals surface area (Å²) < 4.78 is 9.05. The summed E-state index contributed by atoms with van der Waals surface area (Å²) in [5, 5.41) is 0. The Balaban J connectivity index is -0.000000415. The summed E-state index contributed by atoms with van der Waals surface area (Å²) in [5.41, 5.74) is 7.45. The standard InChI is InChI=1S/C11H12O3.C7H6O.C4H7N2O2.2C2H6/c1-2-14-11(13)8-10(12)9-6-4-3-5-7-9;8-6-7-4-2-1-3-5-7;1-2-8-4(7)3-6-5;2*1-2/h3-7H,2,8H2,1H3;1-6H;3,5H,2H2,1H3;2*1-2H3/q;;+1;;. The van der Waals surface area contributed by atoms with Gasteiger partial charge in [-0.2, -0.15) is 0 Å². The molecule has 1 N–H and O–H groups in total. The number of ether oxygens (including phenoxy) is 2. The van der Waals surface area contributed by atoms with Crippen LogP contribution in [0.3, 0.4) is 0 Å². The quantitative estimate of drug-likeness (QED) is 0.112. The van der Waals surface area contributed by atoms with Crippen LogP contribution in [0.25, 0.3) is 0 Å². The SMILES string of the molecule is CC.CC.CCOC(=O)C=[N+]=N.CCOC(=O)CC(=O)c1ccccc1.O=Cc1ccccc1. The summed E-state index contributed by atoms with van der Waals surface area (Å²) in [6.45, 7) is 12.0. The average molecular weight is 474 g/mol. The van der Waals surface area contributed by atoms with E-state index < -0.39 is 11.9 Å². The number of esters is 2. The highest BCUT2D eigenvalue weighted by Crippen LogP contribution is 2.03. The lowest BCUT2D eigenvalue weighted by molar-refractivity contribution is -0.148. The van der Waals surface area contributed by atoms with Gasteiger partial charge in [0.1, 0.15) is 12.7 Å². The van der Waals surface area contributed by atoms with Gasteiger partial charge in [0.25, 0.3) is 0 Å². The number of aldehydes is 1. The number of Topliss-reactive ketones (excluding diaryl/α,β-unsaturated/α-hetero) is 1. The smallest absolute Gasteiger partial charge is 0.418 e. The van der Waals surface area contributed by atoms with E-state index in [0.29, 0.717) is 18.8 Å². The molecule has 186 valence electrons. The van der Waals surface area contributed by atoms with Crippen molar-refractivity contribution in [2.75, 3.05) is 13.2 Å². The Morgan fingerprint density at radius 3 is 1.68 bits per heavy atom. The van der Waals surface area contributed by atoms with Gasteiger partial charge in [0, 0.05) is 11.1 Å². The zero-order chi connectivity index (χ0) is 26.6. The van der Waals surface area contributed by atoms with Gasteiger partial charge in [0.15, 0.2) is 5.78 Å². The zero-order valence-electron chi connectivity index (χ0n) is 20.9. The van der Waals surface area contributed by atoms with Gasteiger partial charge in [-0.3, -0.25) is 14.4 Å². The molecule has 0 amide bonds. The number of hydrogen-bond donors (Lipinski definition) is 1. The van der Waals surface area contributed by atoms with Crippen molar-refractivity contribution in [2.45, 2.75) is 48.0 Å². The van der Waals surface area contributed by atoms with E-state index in [0.717, 1.165) is 18.1 Å². The average Bonchev–Trinajstić information content (AvgIpc) is 2.89. The summed E-state index contributed by atoms with van der Waals surface area (Å²) in [7, 11) is 0. The first-order valence-corrected chi connectivity index (χ1v) is 11.1. The third-order valence-corrected chi connectivity index (χ3v) is 3.10. The molecule has 0 bridgehead atoms. The molecule has 0 saturated carbocycles. The third-order valence-electron chi connectivity index (χ3n) is 3.10. The van der Waals surface area contributed by atoms with Crippen molar-refractivity contribution in [2.24, 2.45) is 0 Å². The van der Waals surface area contributed by atoms with E-state index in [2.05, 4.69) is 14.3 Å². The van der Waals surface area contributed by atoms with Gasteiger partial charge in [0.05, 0.1) is 23.5 Å². The van der Waals surface area contributed by atoms with Crippen LogP contribution in [0.4, 0.5) is 0 Å². The Bertz CT molecular complexity index is 833. The van der Waals surface area contributed by atoms with Crippen molar-refractivity contribution in [3.05, 3.63) is 71.8 Å². The first-order valence-electron chi connectivity index (χ1n) is 11.1. The number of carbonyl (C=O) groups is 4. The maximum absolute atomic E-state index is 11.4. The van der Waals surface area contributed by atoms with Crippen LogP contribution in [0.15, 0.2) is 60.7 Å².